The van der Waals surface area contributed by atoms with E-state index in [4.69, 9.17) is 16.2 Å². The van der Waals surface area contributed by atoms with E-state index in [0.717, 1.165) is 17.3 Å². The van der Waals surface area contributed by atoms with Gasteiger partial charge in [-0.25, -0.2) is 13.2 Å². The van der Waals surface area contributed by atoms with Crippen molar-refractivity contribution >= 4 is 5.91 Å². The fourth-order valence-corrected chi connectivity index (χ4v) is 3.95. The topological polar surface area (TPSA) is 99.4 Å². The number of halogens is 3. The largest absolute Gasteiger partial charge is 0.370 e. The summed E-state index contributed by atoms with van der Waals surface area (Å²) in [6, 6.07) is 0.701. The highest BCUT2D eigenvalue weighted by atomic mass is 19.2. The van der Waals surface area contributed by atoms with Crippen molar-refractivity contribution < 1.29 is 22.7 Å². The van der Waals surface area contributed by atoms with Gasteiger partial charge in [0.15, 0.2) is 11.6 Å². The Balaban J connectivity index is 1.44. The number of carbonyl (C=O) groups is 1. The van der Waals surface area contributed by atoms with Gasteiger partial charge in [0.05, 0.1) is 18.5 Å². The Hall–Kier alpha value is -2.43. The van der Waals surface area contributed by atoms with Crippen molar-refractivity contribution in [3.8, 4) is 0 Å². The molecule has 0 spiro atoms. The number of benzene rings is 1. The van der Waals surface area contributed by atoms with Gasteiger partial charge in [-0.3, -0.25) is 14.4 Å². The van der Waals surface area contributed by atoms with Gasteiger partial charge >= 0.3 is 0 Å². The lowest BCUT2D eigenvalue weighted by Crippen LogP contribution is -2.48. The van der Waals surface area contributed by atoms with Gasteiger partial charge in [-0.2, -0.15) is 5.10 Å². The fraction of sp³-hybridized carbons (Fsp3) is 0.444. The Labute approximate surface area is 159 Å². The lowest BCUT2D eigenvalue weighted by Gasteiger charge is -2.38. The molecule has 4 N–H and O–H groups in total. The summed E-state index contributed by atoms with van der Waals surface area (Å²) in [6.45, 7) is 1.47. The SMILES string of the molecule is NC(=O)Cn1ncc2c1CN([C@H]1CO[C@H](c3cc(F)c(F)cc3F)[C@@H](N)C1)C2. The maximum Gasteiger partial charge on any atom is 0.239 e. The predicted molar refractivity (Wildman–Crippen MR) is 92.1 cm³/mol. The van der Waals surface area contributed by atoms with Crippen LogP contribution in [-0.4, -0.2) is 39.3 Å². The molecule has 2 aliphatic heterocycles. The molecule has 2 aromatic rings. The summed E-state index contributed by atoms with van der Waals surface area (Å²) in [7, 11) is 0. The van der Waals surface area contributed by atoms with Crippen LogP contribution in [0.4, 0.5) is 13.2 Å². The van der Waals surface area contributed by atoms with Gasteiger partial charge in [-0.15, -0.1) is 0 Å². The zero-order valence-electron chi connectivity index (χ0n) is 14.9. The van der Waals surface area contributed by atoms with E-state index in [0.29, 0.717) is 25.6 Å². The maximum absolute atomic E-state index is 14.1. The van der Waals surface area contributed by atoms with Crippen molar-refractivity contribution in [1.29, 1.82) is 0 Å². The summed E-state index contributed by atoms with van der Waals surface area (Å²) in [5.41, 5.74) is 13.3. The van der Waals surface area contributed by atoms with Crippen LogP contribution >= 0.6 is 0 Å². The molecule has 0 saturated carbocycles. The zero-order valence-corrected chi connectivity index (χ0v) is 14.9. The molecule has 0 bridgehead atoms. The van der Waals surface area contributed by atoms with E-state index < -0.39 is 35.5 Å². The number of primary amides is 1. The van der Waals surface area contributed by atoms with Crippen LogP contribution in [0.5, 0.6) is 0 Å². The summed E-state index contributed by atoms with van der Waals surface area (Å²) >= 11 is 0. The van der Waals surface area contributed by atoms with Gasteiger partial charge in [-0.05, 0) is 12.5 Å². The monoisotopic (exact) mass is 395 g/mol. The third kappa shape index (κ3) is 3.38. The molecule has 1 saturated heterocycles. The van der Waals surface area contributed by atoms with E-state index >= 15 is 0 Å². The minimum Gasteiger partial charge on any atom is -0.370 e. The van der Waals surface area contributed by atoms with E-state index in [1.54, 1.807) is 10.9 Å². The first-order valence-corrected chi connectivity index (χ1v) is 8.91. The van der Waals surface area contributed by atoms with E-state index in [2.05, 4.69) is 10.00 Å². The highest BCUT2D eigenvalue weighted by molar-refractivity contribution is 5.73. The Morgan fingerprint density at radius 3 is 2.68 bits per heavy atom. The number of carbonyl (C=O) groups excluding carboxylic acids is 1. The lowest BCUT2D eigenvalue weighted by molar-refractivity contribution is -0.118. The molecular weight excluding hydrogens is 375 g/mol. The maximum atomic E-state index is 14.1. The number of rotatable bonds is 4. The first-order valence-electron chi connectivity index (χ1n) is 8.91. The number of hydrogen-bond acceptors (Lipinski definition) is 5. The van der Waals surface area contributed by atoms with Crippen LogP contribution in [0.2, 0.25) is 0 Å². The quantitative estimate of drug-likeness (QED) is 0.752. The first kappa shape index (κ1) is 18.9. The molecule has 7 nitrogen and oxygen atoms in total. The van der Waals surface area contributed by atoms with Gasteiger partial charge in [0.1, 0.15) is 18.5 Å². The normalized spacial score (nSPS) is 25.1. The zero-order chi connectivity index (χ0) is 20.0. The number of amides is 1. The number of fused-ring (bicyclic) bond motifs is 1. The second-order valence-electron chi connectivity index (χ2n) is 7.24. The number of hydrogen-bond donors (Lipinski definition) is 2. The summed E-state index contributed by atoms with van der Waals surface area (Å²) in [6.07, 6.45) is 1.36. The molecule has 10 heteroatoms. The molecule has 1 aromatic heterocycles. The average molecular weight is 395 g/mol. The van der Waals surface area contributed by atoms with Crippen LogP contribution in [0.1, 0.15) is 29.3 Å². The first-order chi connectivity index (χ1) is 13.3. The Bertz CT molecular complexity index is 919. The third-order valence-electron chi connectivity index (χ3n) is 5.33. The standard InChI is InChI=1S/C18H20F3N5O2/c19-12-3-14(21)13(20)2-11(12)18-15(22)1-10(8-28-18)25-5-9-4-24-26(7-17(23)27)16(9)6-25/h2-4,10,15,18H,1,5-8,22H2,(H2,23,27)/t10-,15+,18-/m1/s1. The molecule has 150 valence electrons. The Kier molecular flexibility index (Phi) is 4.86. The molecule has 0 radical (unpaired) electrons. The minimum absolute atomic E-state index is 0.0152. The van der Waals surface area contributed by atoms with Crippen molar-refractivity contribution in [3.63, 3.8) is 0 Å². The van der Waals surface area contributed by atoms with Crippen molar-refractivity contribution in [2.24, 2.45) is 11.5 Å². The third-order valence-corrected chi connectivity index (χ3v) is 5.33. The van der Waals surface area contributed by atoms with Crippen molar-refractivity contribution in [1.82, 2.24) is 14.7 Å². The number of aromatic nitrogens is 2. The van der Waals surface area contributed by atoms with Crippen LogP contribution in [0.25, 0.3) is 0 Å². The van der Waals surface area contributed by atoms with E-state index in [-0.39, 0.29) is 24.8 Å². The van der Waals surface area contributed by atoms with Crippen LogP contribution in [0, 0.1) is 17.5 Å². The number of ether oxygens (including phenoxy) is 1. The van der Waals surface area contributed by atoms with Crippen molar-refractivity contribution in [2.75, 3.05) is 6.61 Å². The molecular formula is C18H20F3N5O2. The molecule has 0 unspecified atom stereocenters. The summed E-state index contributed by atoms with van der Waals surface area (Å²) in [5.74, 6) is -3.73. The number of nitrogens with two attached hydrogens (primary N) is 2. The summed E-state index contributed by atoms with van der Waals surface area (Å²) < 4.78 is 48.1. The van der Waals surface area contributed by atoms with Gasteiger partial charge in [0, 0.05) is 42.4 Å². The van der Waals surface area contributed by atoms with Crippen molar-refractivity contribution in [3.05, 3.63) is 52.6 Å². The molecule has 1 fully saturated rings. The highest BCUT2D eigenvalue weighted by Gasteiger charge is 2.37. The molecule has 3 atom stereocenters. The fourth-order valence-electron chi connectivity index (χ4n) is 3.95. The van der Waals surface area contributed by atoms with E-state index in [9.17, 15) is 18.0 Å². The van der Waals surface area contributed by atoms with Gasteiger partial charge in [0.2, 0.25) is 5.91 Å². The summed E-state index contributed by atoms with van der Waals surface area (Å²) in [4.78, 5) is 13.3. The van der Waals surface area contributed by atoms with Crippen LogP contribution in [0.3, 0.4) is 0 Å². The molecule has 4 rings (SSSR count). The van der Waals surface area contributed by atoms with Gasteiger partial charge < -0.3 is 16.2 Å². The predicted octanol–water partition coefficient (Wildman–Crippen LogP) is 0.959. The second kappa shape index (κ2) is 7.19. The van der Waals surface area contributed by atoms with Crippen molar-refractivity contribution in [2.45, 2.75) is 44.2 Å². The van der Waals surface area contributed by atoms with E-state index in [1.165, 1.54) is 0 Å². The average Bonchev–Trinajstić information content (AvgIpc) is 3.20. The van der Waals surface area contributed by atoms with Gasteiger partial charge in [0.25, 0.3) is 0 Å². The number of nitrogens with zero attached hydrogens (tertiary/aromatic N) is 3. The summed E-state index contributed by atoms with van der Waals surface area (Å²) in [5, 5.41) is 4.17. The van der Waals surface area contributed by atoms with Crippen LogP contribution < -0.4 is 11.5 Å². The van der Waals surface area contributed by atoms with E-state index in [1.807, 2.05) is 0 Å². The Morgan fingerprint density at radius 1 is 1.21 bits per heavy atom. The molecule has 0 aliphatic carbocycles. The highest BCUT2D eigenvalue weighted by Crippen LogP contribution is 2.34. The van der Waals surface area contributed by atoms with Crippen LogP contribution in [-0.2, 0) is 29.2 Å². The molecule has 2 aliphatic rings. The Morgan fingerprint density at radius 2 is 1.96 bits per heavy atom. The van der Waals surface area contributed by atoms with Gasteiger partial charge in [-0.1, -0.05) is 0 Å². The smallest absolute Gasteiger partial charge is 0.239 e. The second-order valence-corrected chi connectivity index (χ2v) is 7.24. The molecule has 1 aromatic carbocycles. The lowest BCUT2D eigenvalue weighted by atomic mass is 9.93. The molecule has 28 heavy (non-hydrogen) atoms. The molecule has 1 amide bonds. The molecule has 3 heterocycles. The minimum atomic E-state index is -1.25. The van der Waals surface area contributed by atoms with Crippen LogP contribution in [0.15, 0.2) is 18.3 Å².